The highest BCUT2D eigenvalue weighted by molar-refractivity contribution is 7.09. The maximum absolute atomic E-state index is 11.9. The van der Waals surface area contributed by atoms with E-state index in [9.17, 15) is 4.79 Å². The summed E-state index contributed by atoms with van der Waals surface area (Å²) >= 11 is 1.62. The molecule has 1 atom stereocenters. The van der Waals surface area contributed by atoms with Gasteiger partial charge in [-0.15, -0.1) is 11.3 Å². The predicted molar refractivity (Wildman–Crippen MR) is 65.3 cm³/mol. The van der Waals surface area contributed by atoms with E-state index in [-0.39, 0.29) is 17.9 Å². The van der Waals surface area contributed by atoms with Crippen LogP contribution in [0.15, 0.2) is 17.5 Å². The van der Waals surface area contributed by atoms with Crippen LogP contribution < -0.4 is 5.32 Å². The molecular formula is C12H16N2OS. The first-order valence-corrected chi connectivity index (χ1v) is 6.42. The summed E-state index contributed by atoms with van der Waals surface area (Å²) in [4.78, 5) is 16.2. The Bertz CT molecular complexity index is 403. The summed E-state index contributed by atoms with van der Waals surface area (Å²) in [7, 11) is 0. The summed E-state index contributed by atoms with van der Waals surface area (Å²) in [6, 6.07) is 0.0121. The molecule has 1 heterocycles. The minimum absolute atomic E-state index is 0.0121. The second-order valence-corrected chi connectivity index (χ2v) is 5.22. The highest BCUT2D eigenvalue weighted by Crippen LogP contribution is 2.20. The lowest BCUT2D eigenvalue weighted by Gasteiger charge is -2.15. The van der Waals surface area contributed by atoms with Crippen LogP contribution in [0.5, 0.6) is 0 Å². The molecule has 3 nitrogen and oxygen atoms in total. The first-order chi connectivity index (χ1) is 7.66. The molecule has 0 radical (unpaired) electrons. The van der Waals surface area contributed by atoms with Crippen LogP contribution in [0.4, 0.5) is 0 Å². The van der Waals surface area contributed by atoms with Crippen molar-refractivity contribution in [2.24, 2.45) is 5.92 Å². The van der Waals surface area contributed by atoms with E-state index in [0.29, 0.717) is 0 Å². The Morgan fingerprint density at radius 3 is 2.81 bits per heavy atom. The van der Waals surface area contributed by atoms with Gasteiger partial charge in [-0.3, -0.25) is 4.79 Å². The van der Waals surface area contributed by atoms with Gasteiger partial charge in [0.25, 0.3) is 0 Å². The first-order valence-electron chi connectivity index (χ1n) is 5.54. The summed E-state index contributed by atoms with van der Waals surface area (Å²) in [6.45, 7) is 3.96. The number of aryl methyl sites for hydroxylation is 1. The minimum Gasteiger partial charge on any atom is -0.348 e. The molecule has 1 N–H and O–H groups in total. The van der Waals surface area contributed by atoms with Gasteiger partial charge in [0.2, 0.25) is 5.91 Å². The maximum atomic E-state index is 11.9. The average Bonchev–Trinajstić information content (AvgIpc) is 2.87. The molecule has 1 aromatic rings. The highest BCUT2D eigenvalue weighted by Gasteiger charge is 2.21. The van der Waals surface area contributed by atoms with Crippen molar-refractivity contribution in [2.45, 2.75) is 32.7 Å². The standard InChI is InChI=1S/C12H16N2OS/c1-8(11-7-16-9(2)14-11)13-12(15)10-5-3-4-6-10/h3-4,7-8,10H,5-6H2,1-2H3,(H,13,15)/t8-/m0/s1. The predicted octanol–water partition coefficient (Wildman–Crippen LogP) is 2.59. The number of nitrogens with zero attached hydrogens (tertiary/aromatic N) is 1. The molecule has 0 saturated heterocycles. The molecule has 0 fully saturated rings. The van der Waals surface area contributed by atoms with Crippen LogP contribution in [0.3, 0.4) is 0 Å². The number of nitrogens with one attached hydrogen (secondary N) is 1. The SMILES string of the molecule is Cc1nc([C@H](C)NC(=O)C2CC=CC2)cs1. The number of rotatable bonds is 3. The van der Waals surface area contributed by atoms with Gasteiger partial charge in [-0.1, -0.05) is 12.2 Å². The van der Waals surface area contributed by atoms with Gasteiger partial charge < -0.3 is 5.32 Å². The van der Waals surface area contributed by atoms with Crippen molar-refractivity contribution in [1.82, 2.24) is 10.3 Å². The van der Waals surface area contributed by atoms with Crippen molar-refractivity contribution in [3.05, 3.63) is 28.2 Å². The van der Waals surface area contributed by atoms with E-state index in [1.165, 1.54) is 0 Å². The lowest BCUT2D eigenvalue weighted by Crippen LogP contribution is -2.31. The molecule has 86 valence electrons. The number of carbonyl (C=O) groups excluding carboxylic acids is 1. The van der Waals surface area contributed by atoms with Gasteiger partial charge in [-0.2, -0.15) is 0 Å². The molecular weight excluding hydrogens is 220 g/mol. The van der Waals surface area contributed by atoms with Crippen molar-refractivity contribution in [2.75, 3.05) is 0 Å². The van der Waals surface area contributed by atoms with E-state index in [4.69, 9.17) is 0 Å². The van der Waals surface area contributed by atoms with Crippen LogP contribution in [0.2, 0.25) is 0 Å². The lowest BCUT2D eigenvalue weighted by molar-refractivity contribution is -0.125. The molecule has 0 unspecified atom stereocenters. The van der Waals surface area contributed by atoms with E-state index in [1.54, 1.807) is 11.3 Å². The fraction of sp³-hybridized carbons (Fsp3) is 0.500. The van der Waals surface area contributed by atoms with Crippen LogP contribution in [-0.2, 0) is 4.79 Å². The van der Waals surface area contributed by atoms with Crippen LogP contribution >= 0.6 is 11.3 Å². The zero-order valence-corrected chi connectivity index (χ0v) is 10.4. The Morgan fingerprint density at radius 1 is 1.56 bits per heavy atom. The second kappa shape index (κ2) is 4.78. The summed E-state index contributed by atoms with van der Waals surface area (Å²) < 4.78 is 0. The maximum Gasteiger partial charge on any atom is 0.224 e. The number of hydrogen-bond acceptors (Lipinski definition) is 3. The molecule has 0 aliphatic heterocycles. The summed E-state index contributed by atoms with van der Waals surface area (Å²) in [5.41, 5.74) is 0.960. The number of thiazole rings is 1. The molecule has 1 aromatic heterocycles. The fourth-order valence-electron chi connectivity index (χ4n) is 1.82. The molecule has 0 bridgehead atoms. The van der Waals surface area contributed by atoms with Gasteiger partial charge in [-0.25, -0.2) is 4.98 Å². The molecule has 1 aliphatic rings. The third-order valence-electron chi connectivity index (χ3n) is 2.82. The quantitative estimate of drug-likeness (QED) is 0.820. The zero-order chi connectivity index (χ0) is 11.5. The number of carbonyl (C=O) groups is 1. The monoisotopic (exact) mass is 236 g/mol. The van der Waals surface area contributed by atoms with Gasteiger partial charge >= 0.3 is 0 Å². The van der Waals surface area contributed by atoms with Gasteiger partial charge in [0.15, 0.2) is 0 Å². The van der Waals surface area contributed by atoms with Crippen LogP contribution in [0, 0.1) is 12.8 Å². The number of aromatic nitrogens is 1. The number of hydrogen-bond donors (Lipinski definition) is 1. The van der Waals surface area contributed by atoms with Crippen molar-refractivity contribution in [3.63, 3.8) is 0 Å². The average molecular weight is 236 g/mol. The molecule has 0 aromatic carbocycles. The molecule has 2 rings (SSSR count). The van der Waals surface area contributed by atoms with E-state index in [2.05, 4.69) is 22.5 Å². The Kier molecular flexibility index (Phi) is 3.39. The Balaban J connectivity index is 1.91. The molecule has 4 heteroatoms. The molecule has 0 saturated carbocycles. The van der Waals surface area contributed by atoms with Gasteiger partial charge in [0, 0.05) is 11.3 Å². The van der Waals surface area contributed by atoms with Gasteiger partial charge in [0.1, 0.15) is 0 Å². The first kappa shape index (κ1) is 11.3. The topological polar surface area (TPSA) is 42.0 Å². The zero-order valence-electron chi connectivity index (χ0n) is 9.56. The fourth-order valence-corrected chi connectivity index (χ4v) is 2.52. The number of amides is 1. The van der Waals surface area contributed by atoms with Crippen molar-refractivity contribution >= 4 is 17.2 Å². The van der Waals surface area contributed by atoms with E-state index >= 15 is 0 Å². The van der Waals surface area contributed by atoms with E-state index in [1.807, 2.05) is 19.2 Å². The Morgan fingerprint density at radius 2 is 2.25 bits per heavy atom. The largest absolute Gasteiger partial charge is 0.348 e. The summed E-state index contributed by atoms with van der Waals surface area (Å²) in [5.74, 6) is 0.269. The van der Waals surface area contributed by atoms with E-state index < -0.39 is 0 Å². The lowest BCUT2D eigenvalue weighted by atomic mass is 10.1. The number of allylic oxidation sites excluding steroid dienone is 2. The van der Waals surface area contributed by atoms with Gasteiger partial charge in [-0.05, 0) is 26.7 Å². The highest BCUT2D eigenvalue weighted by atomic mass is 32.1. The summed E-state index contributed by atoms with van der Waals surface area (Å²) in [5, 5.41) is 6.06. The Labute approximate surface area is 99.6 Å². The summed E-state index contributed by atoms with van der Waals surface area (Å²) in [6.07, 6.45) is 5.88. The van der Waals surface area contributed by atoms with E-state index in [0.717, 1.165) is 23.5 Å². The van der Waals surface area contributed by atoms with Crippen LogP contribution in [0.25, 0.3) is 0 Å². The van der Waals surface area contributed by atoms with Crippen molar-refractivity contribution < 1.29 is 4.79 Å². The second-order valence-electron chi connectivity index (χ2n) is 4.16. The molecule has 16 heavy (non-hydrogen) atoms. The third kappa shape index (κ3) is 2.50. The molecule has 0 spiro atoms. The third-order valence-corrected chi connectivity index (χ3v) is 3.61. The van der Waals surface area contributed by atoms with Gasteiger partial charge in [0.05, 0.1) is 16.7 Å². The smallest absolute Gasteiger partial charge is 0.224 e. The van der Waals surface area contributed by atoms with Crippen LogP contribution in [-0.4, -0.2) is 10.9 Å². The van der Waals surface area contributed by atoms with Crippen molar-refractivity contribution in [1.29, 1.82) is 0 Å². The normalized spacial score (nSPS) is 17.6. The van der Waals surface area contributed by atoms with Crippen LogP contribution in [0.1, 0.15) is 36.5 Å². The molecule has 1 amide bonds. The Hall–Kier alpha value is -1.16. The minimum atomic E-state index is 0.0121. The van der Waals surface area contributed by atoms with Crippen molar-refractivity contribution in [3.8, 4) is 0 Å². The molecule has 1 aliphatic carbocycles.